The number of carbonyl (C=O) groups excluding carboxylic acids is 1. The second-order valence-electron chi connectivity index (χ2n) is 6.19. The van der Waals surface area contributed by atoms with Crippen molar-refractivity contribution in [3.8, 4) is 5.75 Å². The number of amides is 1. The van der Waals surface area contributed by atoms with Gasteiger partial charge in [0.15, 0.2) is 0 Å². The average Bonchev–Trinajstić information content (AvgIpc) is 2.67. The standard InChI is InChI=1S/C20H25FN2O4S2/c1-3-27-18-10-8-17(9-11-18)23(29(2,25)26)14-20(24)22-12-13-28-15-16-6-4-5-7-19(16)21/h4-11H,3,12-15H2,1-2H3,(H,22,24). The van der Waals surface area contributed by atoms with Gasteiger partial charge in [0.1, 0.15) is 18.1 Å². The summed E-state index contributed by atoms with van der Waals surface area (Å²) in [5, 5.41) is 2.70. The lowest BCUT2D eigenvalue weighted by Gasteiger charge is -2.22. The van der Waals surface area contributed by atoms with Gasteiger partial charge in [-0.15, -0.1) is 0 Å². The van der Waals surface area contributed by atoms with E-state index in [4.69, 9.17) is 4.74 Å². The number of anilines is 1. The van der Waals surface area contributed by atoms with Crippen molar-refractivity contribution in [2.45, 2.75) is 12.7 Å². The lowest BCUT2D eigenvalue weighted by Crippen LogP contribution is -2.41. The van der Waals surface area contributed by atoms with Gasteiger partial charge in [0.25, 0.3) is 0 Å². The summed E-state index contributed by atoms with van der Waals surface area (Å²) in [4.78, 5) is 12.2. The SMILES string of the molecule is CCOc1ccc(N(CC(=O)NCCSCc2ccccc2F)S(C)(=O)=O)cc1. The zero-order valence-electron chi connectivity index (χ0n) is 16.4. The minimum absolute atomic E-state index is 0.247. The Morgan fingerprint density at radius 1 is 1.17 bits per heavy atom. The van der Waals surface area contributed by atoms with Crippen LogP contribution in [-0.4, -0.2) is 46.0 Å². The smallest absolute Gasteiger partial charge is 0.240 e. The van der Waals surface area contributed by atoms with E-state index in [2.05, 4.69) is 5.32 Å². The van der Waals surface area contributed by atoms with E-state index in [0.717, 1.165) is 10.6 Å². The molecule has 0 fully saturated rings. The molecule has 0 atom stereocenters. The summed E-state index contributed by atoms with van der Waals surface area (Å²) in [6.07, 6.45) is 1.06. The molecule has 0 saturated carbocycles. The Hall–Kier alpha value is -2.26. The van der Waals surface area contributed by atoms with Crippen LogP contribution in [0, 0.1) is 5.82 Å². The number of nitrogens with one attached hydrogen (secondary N) is 1. The summed E-state index contributed by atoms with van der Waals surface area (Å²) in [5.41, 5.74) is 1.00. The molecule has 0 aliphatic carbocycles. The van der Waals surface area contributed by atoms with Crippen molar-refractivity contribution < 1.29 is 22.3 Å². The first-order chi connectivity index (χ1) is 13.8. The number of nitrogens with zero attached hydrogens (tertiary/aromatic N) is 1. The van der Waals surface area contributed by atoms with Crippen LogP contribution >= 0.6 is 11.8 Å². The Morgan fingerprint density at radius 2 is 1.86 bits per heavy atom. The Bertz CT molecular complexity index is 905. The number of sulfonamides is 1. The van der Waals surface area contributed by atoms with E-state index in [9.17, 15) is 17.6 Å². The van der Waals surface area contributed by atoms with E-state index in [1.165, 1.54) is 17.8 Å². The molecule has 0 bridgehead atoms. The molecule has 0 aliphatic heterocycles. The molecule has 2 aromatic rings. The normalized spacial score (nSPS) is 11.1. The van der Waals surface area contributed by atoms with Crippen molar-refractivity contribution in [2.24, 2.45) is 0 Å². The number of rotatable bonds is 11. The number of benzene rings is 2. The zero-order valence-corrected chi connectivity index (χ0v) is 18.1. The van der Waals surface area contributed by atoms with E-state index in [1.807, 2.05) is 6.92 Å². The van der Waals surface area contributed by atoms with Crippen LogP contribution in [0.3, 0.4) is 0 Å². The van der Waals surface area contributed by atoms with Gasteiger partial charge in [-0.3, -0.25) is 9.10 Å². The molecule has 2 aromatic carbocycles. The predicted octanol–water partition coefficient (Wildman–Crippen LogP) is 3.04. The number of carbonyl (C=O) groups is 1. The highest BCUT2D eigenvalue weighted by Gasteiger charge is 2.20. The Kier molecular flexibility index (Phi) is 8.78. The predicted molar refractivity (Wildman–Crippen MR) is 115 cm³/mol. The fourth-order valence-corrected chi connectivity index (χ4v) is 4.22. The van der Waals surface area contributed by atoms with Crippen LogP contribution in [0.4, 0.5) is 10.1 Å². The highest BCUT2D eigenvalue weighted by Crippen LogP contribution is 2.21. The summed E-state index contributed by atoms with van der Waals surface area (Å²) in [6, 6.07) is 13.1. The van der Waals surface area contributed by atoms with Gasteiger partial charge < -0.3 is 10.1 Å². The molecular formula is C20H25FN2O4S2. The van der Waals surface area contributed by atoms with Crippen molar-refractivity contribution in [3.05, 3.63) is 59.9 Å². The summed E-state index contributed by atoms with van der Waals surface area (Å²) >= 11 is 1.49. The first-order valence-corrected chi connectivity index (χ1v) is 12.1. The molecule has 2 rings (SSSR count). The third-order valence-electron chi connectivity index (χ3n) is 3.91. The molecule has 0 aliphatic rings. The van der Waals surface area contributed by atoms with E-state index in [1.54, 1.807) is 42.5 Å². The molecule has 29 heavy (non-hydrogen) atoms. The lowest BCUT2D eigenvalue weighted by atomic mass is 10.2. The molecule has 1 N–H and O–H groups in total. The minimum atomic E-state index is -3.63. The Labute approximate surface area is 175 Å². The van der Waals surface area contributed by atoms with Gasteiger partial charge in [0.05, 0.1) is 18.6 Å². The maximum absolute atomic E-state index is 13.6. The topological polar surface area (TPSA) is 75.7 Å². The van der Waals surface area contributed by atoms with E-state index in [0.29, 0.717) is 41.7 Å². The fourth-order valence-electron chi connectivity index (χ4n) is 2.52. The molecule has 0 aromatic heterocycles. The highest BCUT2D eigenvalue weighted by molar-refractivity contribution is 7.98. The number of hydrogen-bond donors (Lipinski definition) is 1. The first-order valence-electron chi connectivity index (χ1n) is 9.09. The van der Waals surface area contributed by atoms with E-state index in [-0.39, 0.29) is 12.4 Å². The largest absolute Gasteiger partial charge is 0.494 e. The number of ether oxygens (including phenoxy) is 1. The second kappa shape index (κ2) is 11.1. The van der Waals surface area contributed by atoms with Crippen LogP contribution in [0.1, 0.15) is 12.5 Å². The van der Waals surface area contributed by atoms with Gasteiger partial charge in [-0.1, -0.05) is 18.2 Å². The van der Waals surface area contributed by atoms with Crippen molar-refractivity contribution >= 4 is 33.4 Å². The highest BCUT2D eigenvalue weighted by atomic mass is 32.2. The quantitative estimate of drug-likeness (QED) is 0.544. The molecule has 1 amide bonds. The summed E-state index contributed by atoms with van der Waals surface area (Å²) in [6.45, 7) is 2.41. The maximum atomic E-state index is 13.6. The van der Waals surface area contributed by atoms with Gasteiger partial charge in [0, 0.05) is 18.1 Å². The zero-order chi connectivity index (χ0) is 21.3. The lowest BCUT2D eigenvalue weighted by molar-refractivity contribution is -0.119. The molecule has 0 saturated heterocycles. The van der Waals surface area contributed by atoms with Crippen LogP contribution in [0.15, 0.2) is 48.5 Å². The number of halogens is 1. The third-order valence-corrected chi connectivity index (χ3v) is 6.06. The summed E-state index contributed by atoms with van der Waals surface area (Å²) in [7, 11) is -3.63. The fraction of sp³-hybridized carbons (Fsp3) is 0.350. The maximum Gasteiger partial charge on any atom is 0.240 e. The molecule has 0 radical (unpaired) electrons. The molecule has 158 valence electrons. The van der Waals surface area contributed by atoms with Crippen LogP contribution < -0.4 is 14.4 Å². The molecular weight excluding hydrogens is 415 g/mol. The summed E-state index contributed by atoms with van der Waals surface area (Å²) in [5.74, 6) is 1.06. The molecule has 0 heterocycles. The monoisotopic (exact) mass is 440 g/mol. The Balaban J connectivity index is 1.84. The third kappa shape index (κ3) is 7.58. The van der Waals surface area contributed by atoms with Crippen LogP contribution in [0.5, 0.6) is 5.75 Å². The van der Waals surface area contributed by atoms with Crippen LogP contribution in [-0.2, 0) is 20.6 Å². The minimum Gasteiger partial charge on any atom is -0.494 e. The van der Waals surface area contributed by atoms with Crippen molar-refractivity contribution in [1.29, 1.82) is 0 Å². The number of thioether (sulfide) groups is 1. The van der Waals surface area contributed by atoms with E-state index >= 15 is 0 Å². The van der Waals surface area contributed by atoms with Crippen molar-refractivity contribution in [2.75, 3.05) is 36.0 Å². The first kappa shape index (κ1) is 23.0. The van der Waals surface area contributed by atoms with Gasteiger partial charge >= 0.3 is 0 Å². The van der Waals surface area contributed by atoms with Crippen LogP contribution in [0.25, 0.3) is 0 Å². The van der Waals surface area contributed by atoms with Gasteiger partial charge in [-0.05, 0) is 42.8 Å². The second-order valence-corrected chi connectivity index (χ2v) is 9.20. The van der Waals surface area contributed by atoms with Crippen LogP contribution in [0.2, 0.25) is 0 Å². The average molecular weight is 441 g/mol. The molecule has 0 unspecified atom stereocenters. The summed E-state index contributed by atoms with van der Waals surface area (Å²) < 4.78 is 44.2. The van der Waals surface area contributed by atoms with E-state index < -0.39 is 15.9 Å². The van der Waals surface area contributed by atoms with Gasteiger partial charge in [-0.2, -0.15) is 11.8 Å². The van der Waals surface area contributed by atoms with Gasteiger partial charge in [0.2, 0.25) is 15.9 Å². The van der Waals surface area contributed by atoms with Gasteiger partial charge in [-0.25, -0.2) is 12.8 Å². The number of hydrogen-bond acceptors (Lipinski definition) is 5. The van der Waals surface area contributed by atoms with Crippen molar-refractivity contribution in [1.82, 2.24) is 5.32 Å². The molecule has 0 spiro atoms. The van der Waals surface area contributed by atoms with Crippen molar-refractivity contribution in [3.63, 3.8) is 0 Å². The Morgan fingerprint density at radius 3 is 2.48 bits per heavy atom. The molecule has 9 heteroatoms. The molecule has 6 nitrogen and oxygen atoms in total.